The summed E-state index contributed by atoms with van der Waals surface area (Å²) >= 11 is 0. The molecule has 0 saturated heterocycles. The lowest BCUT2D eigenvalue weighted by molar-refractivity contribution is -0.161. The van der Waals surface area contributed by atoms with Crippen LogP contribution in [0.1, 0.15) is 399 Å². The zero-order valence-corrected chi connectivity index (χ0v) is 61.0. The third kappa shape index (κ3) is 78.7. The molecule has 5 heteroatoms. The maximum atomic E-state index is 12.4. The van der Waals surface area contributed by atoms with E-state index in [9.17, 15) is 14.7 Å². The first-order valence-electron chi connectivity index (χ1n) is 40.1. The van der Waals surface area contributed by atoms with Crippen molar-refractivity contribution in [2.24, 2.45) is 0 Å². The van der Waals surface area contributed by atoms with Gasteiger partial charge in [-0.3, -0.25) is 9.59 Å². The normalized spacial score (nSPS) is 12.9. The van der Waals surface area contributed by atoms with E-state index in [-0.39, 0.29) is 25.2 Å². The third-order valence-electron chi connectivity index (χ3n) is 17.7. The standard InChI is InChI=1S/C87H152O5/c1-3-5-7-9-11-13-15-17-19-21-23-25-27-29-31-33-35-37-39-41-42-43-44-46-48-50-52-54-56-58-60-62-64-66-68-70-72-74-76-78-80-82-87(90)92-85(83-88)84-91-86(89)81-79-77-75-73-71-69-67-65-63-61-59-57-55-53-51-49-47-45-40-38-36-34-32-30-28-26-24-22-20-18-16-14-12-10-8-6-4-2/h5,7,11,13,16-19,22-25,29,31,35,37,41-42,44,46,85,88H,3-4,6,8-10,12,14-15,20-21,26-28,30,32-34,36,38-40,43,45,47-84H2,1-2H3/b7-5-,13-11-,18-16-,19-17-,24-22-,25-23-,31-29-,37-35-,42-41-,46-44-. The van der Waals surface area contributed by atoms with Crippen molar-refractivity contribution in [3.63, 3.8) is 0 Å². The largest absolute Gasteiger partial charge is 0.462 e. The number of carbonyl (C=O) groups is 2. The summed E-state index contributed by atoms with van der Waals surface area (Å²) in [7, 11) is 0. The topological polar surface area (TPSA) is 72.8 Å². The highest BCUT2D eigenvalue weighted by atomic mass is 16.6. The summed E-state index contributed by atoms with van der Waals surface area (Å²) in [6.07, 6.45) is 120. The SMILES string of the molecule is CC/C=C\C/C=C\C/C=C\C/C=C\C/C=C\C/C=C\C/C=C\C/C=C\CCCCCCCCCCCCCCCCCCC(=O)OC(CO)COC(=O)CCCCCCCCCCCCCCCCCCCCCCCCCCC/C=C\C/C=C\CCCCCCC. The summed E-state index contributed by atoms with van der Waals surface area (Å²) in [6.45, 7) is 4.06. The smallest absolute Gasteiger partial charge is 0.306 e. The molecule has 0 aromatic carbocycles. The summed E-state index contributed by atoms with van der Waals surface area (Å²) in [5.41, 5.74) is 0. The molecule has 0 radical (unpaired) electrons. The fourth-order valence-corrected chi connectivity index (χ4v) is 11.8. The van der Waals surface area contributed by atoms with Crippen LogP contribution >= 0.6 is 0 Å². The Balaban J connectivity index is 3.43. The highest BCUT2D eigenvalue weighted by Gasteiger charge is 2.16. The Labute approximate surface area is 573 Å². The number of esters is 2. The lowest BCUT2D eigenvalue weighted by atomic mass is 10.0. The zero-order chi connectivity index (χ0) is 66.1. The maximum Gasteiger partial charge on any atom is 0.306 e. The molecule has 0 spiro atoms. The number of unbranched alkanes of at least 4 members (excludes halogenated alkanes) is 46. The predicted molar refractivity (Wildman–Crippen MR) is 408 cm³/mol. The lowest BCUT2D eigenvalue weighted by Gasteiger charge is -2.15. The maximum absolute atomic E-state index is 12.4. The van der Waals surface area contributed by atoms with Gasteiger partial charge < -0.3 is 14.6 Å². The van der Waals surface area contributed by atoms with E-state index in [0.717, 1.165) is 96.3 Å². The molecule has 0 aliphatic heterocycles. The van der Waals surface area contributed by atoms with Crippen LogP contribution in [0.15, 0.2) is 122 Å². The van der Waals surface area contributed by atoms with Crippen molar-refractivity contribution in [2.75, 3.05) is 13.2 Å². The summed E-state index contributed by atoms with van der Waals surface area (Å²) < 4.78 is 10.8. The monoisotopic (exact) mass is 1280 g/mol. The average molecular weight is 1280 g/mol. The number of hydrogen-bond acceptors (Lipinski definition) is 5. The van der Waals surface area contributed by atoms with E-state index in [4.69, 9.17) is 9.47 Å². The third-order valence-corrected chi connectivity index (χ3v) is 17.7. The summed E-state index contributed by atoms with van der Waals surface area (Å²) in [6, 6.07) is 0. The molecule has 0 aliphatic carbocycles. The van der Waals surface area contributed by atoms with Crippen LogP contribution in [0.25, 0.3) is 0 Å². The van der Waals surface area contributed by atoms with E-state index < -0.39 is 6.10 Å². The molecule has 92 heavy (non-hydrogen) atoms. The van der Waals surface area contributed by atoms with Gasteiger partial charge in [0, 0.05) is 12.8 Å². The summed E-state index contributed by atoms with van der Waals surface area (Å²) in [4.78, 5) is 24.7. The zero-order valence-electron chi connectivity index (χ0n) is 61.0. The summed E-state index contributed by atoms with van der Waals surface area (Å²) in [5, 5.41) is 9.73. The van der Waals surface area contributed by atoms with Gasteiger partial charge in [0.2, 0.25) is 0 Å². The van der Waals surface area contributed by atoms with Crippen LogP contribution in [-0.4, -0.2) is 36.4 Å². The Hall–Kier alpha value is -3.70. The van der Waals surface area contributed by atoms with Crippen molar-refractivity contribution < 1.29 is 24.2 Å². The van der Waals surface area contributed by atoms with Crippen LogP contribution < -0.4 is 0 Å². The van der Waals surface area contributed by atoms with Crippen molar-refractivity contribution in [2.45, 2.75) is 405 Å². The number of allylic oxidation sites excluding steroid dienone is 20. The van der Waals surface area contributed by atoms with Gasteiger partial charge in [0.15, 0.2) is 6.10 Å². The molecule has 1 atom stereocenters. The number of carbonyl (C=O) groups excluding carboxylic acids is 2. The Kier molecular flexibility index (Phi) is 78.3. The fraction of sp³-hybridized carbons (Fsp3) is 0.747. The van der Waals surface area contributed by atoms with Gasteiger partial charge in [-0.1, -0.05) is 399 Å². The average Bonchev–Trinajstić information content (AvgIpc) is 3.64. The molecule has 1 N–H and O–H groups in total. The minimum atomic E-state index is -0.777. The van der Waals surface area contributed by atoms with Crippen molar-refractivity contribution in [1.29, 1.82) is 0 Å². The molecule has 0 heterocycles. The Morgan fingerprint density at radius 3 is 0.707 bits per heavy atom. The summed E-state index contributed by atoms with van der Waals surface area (Å²) in [5.74, 6) is -0.574. The highest BCUT2D eigenvalue weighted by Crippen LogP contribution is 2.19. The molecule has 1 unspecified atom stereocenters. The van der Waals surface area contributed by atoms with Crippen molar-refractivity contribution in [1.82, 2.24) is 0 Å². The molecule has 5 nitrogen and oxygen atoms in total. The van der Waals surface area contributed by atoms with E-state index >= 15 is 0 Å². The first-order valence-corrected chi connectivity index (χ1v) is 40.1. The van der Waals surface area contributed by atoms with Crippen LogP contribution in [-0.2, 0) is 19.1 Å². The van der Waals surface area contributed by atoms with Crippen LogP contribution in [0.2, 0.25) is 0 Å². The molecule has 0 fully saturated rings. The van der Waals surface area contributed by atoms with Crippen molar-refractivity contribution in [3.8, 4) is 0 Å². The molecule has 530 valence electrons. The van der Waals surface area contributed by atoms with E-state index in [1.807, 2.05) is 0 Å². The van der Waals surface area contributed by atoms with E-state index in [2.05, 4.69) is 135 Å². The molecule has 0 aromatic rings. The molecular weight excluding hydrogens is 1120 g/mol. The van der Waals surface area contributed by atoms with Crippen LogP contribution in [0.5, 0.6) is 0 Å². The second kappa shape index (κ2) is 81.5. The van der Waals surface area contributed by atoms with Crippen molar-refractivity contribution >= 4 is 11.9 Å². The molecular formula is C87H152O5. The number of ether oxygens (including phenoxy) is 2. The number of aliphatic hydroxyl groups excluding tert-OH is 1. The van der Waals surface area contributed by atoms with Gasteiger partial charge in [-0.2, -0.15) is 0 Å². The molecule has 0 aliphatic rings. The van der Waals surface area contributed by atoms with Crippen LogP contribution in [0.3, 0.4) is 0 Å². The van der Waals surface area contributed by atoms with Gasteiger partial charge in [-0.25, -0.2) is 0 Å². The van der Waals surface area contributed by atoms with Gasteiger partial charge in [0.05, 0.1) is 6.61 Å². The van der Waals surface area contributed by atoms with E-state index in [1.54, 1.807) is 0 Å². The highest BCUT2D eigenvalue weighted by molar-refractivity contribution is 5.70. The molecule has 0 rings (SSSR count). The van der Waals surface area contributed by atoms with Gasteiger partial charge in [0.1, 0.15) is 6.61 Å². The second-order valence-electron chi connectivity index (χ2n) is 26.8. The number of aliphatic hydroxyl groups is 1. The molecule has 0 amide bonds. The van der Waals surface area contributed by atoms with Crippen molar-refractivity contribution in [3.05, 3.63) is 122 Å². The Morgan fingerprint density at radius 2 is 0.467 bits per heavy atom. The lowest BCUT2D eigenvalue weighted by Crippen LogP contribution is -2.28. The predicted octanol–water partition coefficient (Wildman–Crippen LogP) is 28.4. The quantitative estimate of drug-likeness (QED) is 0.0373. The fourth-order valence-electron chi connectivity index (χ4n) is 11.8. The number of rotatable bonds is 74. The van der Waals surface area contributed by atoms with E-state index in [0.29, 0.717) is 12.8 Å². The van der Waals surface area contributed by atoms with Crippen LogP contribution in [0.4, 0.5) is 0 Å². The van der Waals surface area contributed by atoms with E-state index in [1.165, 1.54) is 276 Å². The molecule has 0 aromatic heterocycles. The minimum Gasteiger partial charge on any atom is -0.462 e. The number of hydrogen-bond donors (Lipinski definition) is 1. The Bertz CT molecular complexity index is 1790. The molecule has 0 saturated carbocycles. The second-order valence-corrected chi connectivity index (χ2v) is 26.8. The Morgan fingerprint density at radius 1 is 0.261 bits per heavy atom. The minimum absolute atomic E-state index is 0.0647. The first-order chi connectivity index (χ1) is 45.6. The van der Waals surface area contributed by atoms with Gasteiger partial charge in [-0.05, 0) is 109 Å². The first kappa shape index (κ1) is 88.3. The van der Waals surface area contributed by atoms with Gasteiger partial charge in [0.25, 0.3) is 0 Å². The van der Waals surface area contributed by atoms with Gasteiger partial charge in [-0.15, -0.1) is 0 Å². The van der Waals surface area contributed by atoms with Gasteiger partial charge >= 0.3 is 11.9 Å². The van der Waals surface area contributed by atoms with Crippen LogP contribution in [0, 0.1) is 0 Å². The molecule has 0 bridgehead atoms.